The molecule has 0 aliphatic heterocycles. The normalized spacial score (nSPS) is 10.2. The summed E-state index contributed by atoms with van der Waals surface area (Å²) in [4.78, 5) is 35.8. The summed E-state index contributed by atoms with van der Waals surface area (Å²) < 4.78 is 5.44. The van der Waals surface area contributed by atoms with Gasteiger partial charge in [0.2, 0.25) is 11.8 Å². The number of hydrogen-bond donors (Lipinski definition) is 3. The second kappa shape index (κ2) is 11.3. The van der Waals surface area contributed by atoms with Crippen molar-refractivity contribution in [3.05, 3.63) is 58.1 Å². The van der Waals surface area contributed by atoms with Crippen LogP contribution in [0.4, 0.5) is 5.69 Å². The quantitative estimate of drug-likeness (QED) is 0.544. The molecule has 0 atom stereocenters. The van der Waals surface area contributed by atoms with E-state index in [0.717, 1.165) is 6.42 Å². The highest BCUT2D eigenvalue weighted by Gasteiger charge is 2.11. The number of amides is 3. The van der Waals surface area contributed by atoms with Crippen molar-refractivity contribution in [2.24, 2.45) is 0 Å². The number of anilines is 1. The molecule has 0 saturated carbocycles. The minimum Gasteiger partial charge on any atom is -0.494 e. The Labute approximate surface area is 178 Å². The summed E-state index contributed by atoms with van der Waals surface area (Å²) in [7, 11) is 0. The molecule has 0 aliphatic carbocycles. The summed E-state index contributed by atoms with van der Waals surface area (Å²) in [5.41, 5.74) is 5.35. The van der Waals surface area contributed by atoms with Crippen LogP contribution in [0.2, 0.25) is 10.0 Å². The zero-order valence-corrected chi connectivity index (χ0v) is 17.3. The highest BCUT2D eigenvalue weighted by molar-refractivity contribution is 6.36. The molecule has 29 heavy (non-hydrogen) atoms. The molecule has 0 heterocycles. The fourth-order valence-corrected chi connectivity index (χ4v) is 2.67. The predicted molar refractivity (Wildman–Crippen MR) is 112 cm³/mol. The Balaban J connectivity index is 1.73. The number of carbonyl (C=O) groups excluding carboxylic acids is 3. The number of benzene rings is 2. The maximum atomic E-state index is 12.0. The van der Waals surface area contributed by atoms with E-state index < -0.39 is 17.7 Å². The molecular weight excluding hydrogens is 417 g/mol. The van der Waals surface area contributed by atoms with Crippen molar-refractivity contribution in [2.45, 2.75) is 26.2 Å². The van der Waals surface area contributed by atoms with E-state index in [1.54, 1.807) is 36.4 Å². The molecule has 0 spiro atoms. The van der Waals surface area contributed by atoms with Gasteiger partial charge < -0.3 is 10.1 Å². The minimum absolute atomic E-state index is 0.0792. The fourth-order valence-electron chi connectivity index (χ4n) is 2.21. The molecule has 0 radical (unpaired) electrons. The van der Waals surface area contributed by atoms with Crippen LogP contribution in [0, 0.1) is 0 Å². The van der Waals surface area contributed by atoms with Gasteiger partial charge in [0.05, 0.1) is 17.3 Å². The van der Waals surface area contributed by atoms with Crippen molar-refractivity contribution in [1.29, 1.82) is 0 Å². The van der Waals surface area contributed by atoms with Gasteiger partial charge in [-0.15, -0.1) is 0 Å². The number of ether oxygens (including phenoxy) is 1. The lowest BCUT2D eigenvalue weighted by molar-refractivity contribution is -0.124. The topological polar surface area (TPSA) is 96.5 Å². The number of carbonyl (C=O) groups is 3. The van der Waals surface area contributed by atoms with Crippen molar-refractivity contribution in [3.63, 3.8) is 0 Å². The first-order chi connectivity index (χ1) is 13.9. The lowest BCUT2D eigenvalue weighted by Crippen LogP contribution is -2.41. The number of halogens is 2. The average molecular weight is 438 g/mol. The van der Waals surface area contributed by atoms with Gasteiger partial charge in [0.1, 0.15) is 5.75 Å². The zero-order chi connectivity index (χ0) is 21.2. The van der Waals surface area contributed by atoms with Crippen molar-refractivity contribution in [2.75, 3.05) is 11.9 Å². The molecule has 0 aliphatic rings. The first-order valence-electron chi connectivity index (χ1n) is 8.96. The SMILES string of the molecule is CCCOc1ccc(C(=O)NNC(=O)CCC(=O)Nc2ccc(Cl)cc2Cl)cc1. The highest BCUT2D eigenvalue weighted by atomic mass is 35.5. The summed E-state index contributed by atoms with van der Waals surface area (Å²) in [6, 6.07) is 11.2. The van der Waals surface area contributed by atoms with Crippen LogP contribution in [0.25, 0.3) is 0 Å². The highest BCUT2D eigenvalue weighted by Crippen LogP contribution is 2.25. The average Bonchev–Trinajstić information content (AvgIpc) is 2.71. The molecule has 9 heteroatoms. The van der Waals surface area contributed by atoms with Gasteiger partial charge in [-0.3, -0.25) is 25.2 Å². The van der Waals surface area contributed by atoms with Gasteiger partial charge in [-0.05, 0) is 48.9 Å². The zero-order valence-electron chi connectivity index (χ0n) is 15.8. The Morgan fingerprint density at radius 2 is 1.62 bits per heavy atom. The van der Waals surface area contributed by atoms with E-state index in [4.69, 9.17) is 27.9 Å². The Morgan fingerprint density at radius 3 is 2.28 bits per heavy atom. The second-order valence-corrected chi connectivity index (χ2v) is 6.89. The largest absolute Gasteiger partial charge is 0.494 e. The minimum atomic E-state index is -0.501. The van der Waals surface area contributed by atoms with Gasteiger partial charge >= 0.3 is 0 Å². The van der Waals surface area contributed by atoms with Crippen LogP contribution in [-0.4, -0.2) is 24.3 Å². The third-order valence-electron chi connectivity index (χ3n) is 3.69. The smallest absolute Gasteiger partial charge is 0.269 e. The van der Waals surface area contributed by atoms with Gasteiger partial charge in [0.15, 0.2) is 0 Å². The van der Waals surface area contributed by atoms with E-state index in [9.17, 15) is 14.4 Å². The molecule has 0 fully saturated rings. The first kappa shape index (κ1) is 22.5. The standard InChI is InChI=1S/C20H21Cl2N3O4/c1-2-11-29-15-6-3-13(4-7-15)20(28)25-24-19(27)10-9-18(26)23-17-8-5-14(21)12-16(17)22/h3-8,12H,2,9-11H2,1H3,(H,23,26)(H,24,27)(H,25,28). The molecule has 0 bridgehead atoms. The van der Waals surface area contributed by atoms with Crippen LogP contribution in [0.3, 0.4) is 0 Å². The number of hydrogen-bond acceptors (Lipinski definition) is 4. The summed E-state index contributed by atoms with van der Waals surface area (Å²) >= 11 is 11.8. The lowest BCUT2D eigenvalue weighted by Gasteiger charge is -2.09. The summed E-state index contributed by atoms with van der Waals surface area (Å²) in [6.45, 7) is 2.60. The summed E-state index contributed by atoms with van der Waals surface area (Å²) in [5, 5.41) is 3.34. The summed E-state index contributed by atoms with van der Waals surface area (Å²) in [5.74, 6) is -0.700. The van der Waals surface area contributed by atoms with Gasteiger partial charge in [-0.1, -0.05) is 30.1 Å². The summed E-state index contributed by atoms with van der Waals surface area (Å²) in [6.07, 6.45) is 0.699. The molecule has 0 unspecified atom stereocenters. The van der Waals surface area contributed by atoms with E-state index in [2.05, 4.69) is 16.2 Å². The van der Waals surface area contributed by atoms with Crippen LogP contribution in [0.1, 0.15) is 36.5 Å². The molecule has 3 N–H and O–H groups in total. The Bertz CT molecular complexity index is 873. The monoisotopic (exact) mass is 437 g/mol. The van der Waals surface area contributed by atoms with Crippen LogP contribution in [0.15, 0.2) is 42.5 Å². The molecule has 0 saturated heterocycles. The van der Waals surface area contributed by atoms with Gasteiger partial charge in [-0.2, -0.15) is 0 Å². The van der Waals surface area contributed by atoms with Gasteiger partial charge in [0.25, 0.3) is 5.91 Å². The van der Waals surface area contributed by atoms with E-state index in [1.807, 2.05) is 6.92 Å². The number of hydrazine groups is 1. The molecule has 7 nitrogen and oxygen atoms in total. The van der Waals surface area contributed by atoms with Crippen molar-refractivity contribution in [1.82, 2.24) is 10.9 Å². The van der Waals surface area contributed by atoms with Crippen molar-refractivity contribution < 1.29 is 19.1 Å². The van der Waals surface area contributed by atoms with Gasteiger partial charge in [-0.25, -0.2) is 0 Å². The van der Waals surface area contributed by atoms with Gasteiger partial charge in [0, 0.05) is 23.4 Å². The molecule has 154 valence electrons. The van der Waals surface area contributed by atoms with Crippen LogP contribution in [0.5, 0.6) is 5.75 Å². The molecule has 2 aromatic rings. The van der Waals surface area contributed by atoms with Crippen molar-refractivity contribution in [3.8, 4) is 5.75 Å². The van der Waals surface area contributed by atoms with Crippen molar-refractivity contribution >= 4 is 46.6 Å². The third kappa shape index (κ3) is 7.63. The third-order valence-corrected chi connectivity index (χ3v) is 4.24. The van der Waals surface area contributed by atoms with E-state index in [0.29, 0.717) is 33.7 Å². The Morgan fingerprint density at radius 1 is 0.931 bits per heavy atom. The van der Waals surface area contributed by atoms with Crippen LogP contribution >= 0.6 is 23.2 Å². The van der Waals surface area contributed by atoms with Crippen LogP contribution in [-0.2, 0) is 9.59 Å². The molecule has 2 aromatic carbocycles. The molecular formula is C20H21Cl2N3O4. The number of nitrogens with one attached hydrogen (secondary N) is 3. The predicted octanol–water partition coefficient (Wildman–Crippen LogP) is 3.96. The fraction of sp³-hybridized carbons (Fsp3) is 0.250. The Kier molecular flexibility index (Phi) is 8.76. The maximum Gasteiger partial charge on any atom is 0.269 e. The molecule has 2 rings (SSSR count). The maximum absolute atomic E-state index is 12.0. The van der Waals surface area contributed by atoms with E-state index in [-0.39, 0.29) is 12.8 Å². The second-order valence-electron chi connectivity index (χ2n) is 6.05. The number of rotatable bonds is 8. The van der Waals surface area contributed by atoms with Crippen LogP contribution < -0.4 is 20.9 Å². The first-order valence-corrected chi connectivity index (χ1v) is 9.71. The van der Waals surface area contributed by atoms with E-state index >= 15 is 0 Å². The Hall–Kier alpha value is -2.77. The molecule has 3 amide bonds. The van der Waals surface area contributed by atoms with E-state index in [1.165, 1.54) is 6.07 Å². The molecule has 0 aromatic heterocycles. The lowest BCUT2D eigenvalue weighted by atomic mass is 10.2.